The van der Waals surface area contributed by atoms with E-state index in [1.807, 2.05) is 68.4 Å². The second-order valence-electron chi connectivity index (χ2n) is 9.69. The molecule has 0 aromatic heterocycles. The van der Waals surface area contributed by atoms with Crippen LogP contribution in [0.5, 0.6) is 11.5 Å². The Bertz CT molecular complexity index is 1210. The molecule has 0 spiro atoms. The van der Waals surface area contributed by atoms with Crippen molar-refractivity contribution >= 4 is 18.0 Å². The van der Waals surface area contributed by atoms with E-state index >= 15 is 0 Å². The van der Waals surface area contributed by atoms with Crippen molar-refractivity contribution in [2.45, 2.75) is 33.2 Å². The minimum atomic E-state index is -0.704. The van der Waals surface area contributed by atoms with Crippen LogP contribution in [0.2, 0.25) is 0 Å². The highest BCUT2D eigenvalue weighted by Crippen LogP contribution is 2.34. The number of carbonyl (C=O) groups excluding carboxylic acids is 3. The second kappa shape index (κ2) is 13.8. The van der Waals surface area contributed by atoms with Crippen molar-refractivity contribution in [1.29, 1.82) is 0 Å². The molecule has 1 fully saturated rings. The molecule has 40 heavy (non-hydrogen) atoms. The summed E-state index contributed by atoms with van der Waals surface area (Å²) in [6, 6.07) is 15.8. The Morgan fingerprint density at radius 1 is 0.975 bits per heavy atom. The van der Waals surface area contributed by atoms with E-state index in [1.54, 1.807) is 16.7 Å². The monoisotopic (exact) mass is 549 g/mol. The van der Waals surface area contributed by atoms with Crippen LogP contribution in [-0.2, 0) is 9.53 Å². The summed E-state index contributed by atoms with van der Waals surface area (Å²) in [5.41, 5.74) is 1.74. The number of hydrogen-bond donors (Lipinski definition) is 2. The number of benzene rings is 2. The molecule has 2 aliphatic heterocycles. The van der Waals surface area contributed by atoms with Gasteiger partial charge in [-0.15, -0.1) is 0 Å². The lowest BCUT2D eigenvalue weighted by Crippen LogP contribution is -2.55. The van der Waals surface area contributed by atoms with Gasteiger partial charge in [-0.25, -0.2) is 14.4 Å². The topological polar surface area (TPSA) is 103 Å². The summed E-state index contributed by atoms with van der Waals surface area (Å²) in [5, 5.41) is 5.94. The van der Waals surface area contributed by atoms with Crippen molar-refractivity contribution in [2.24, 2.45) is 0 Å². The molecular weight excluding hydrogens is 510 g/mol. The zero-order chi connectivity index (χ0) is 28.5. The summed E-state index contributed by atoms with van der Waals surface area (Å²) in [6.07, 6.45) is 0.883. The summed E-state index contributed by atoms with van der Waals surface area (Å²) in [6.45, 7) is 9.70. The van der Waals surface area contributed by atoms with Gasteiger partial charge in [0.1, 0.15) is 11.5 Å². The van der Waals surface area contributed by atoms with Gasteiger partial charge in [0.2, 0.25) is 0 Å². The zero-order valence-electron chi connectivity index (χ0n) is 23.5. The average molecular weight is 550 g/mol. The number of ether oxygens (including phenoxy) is 2. The largest absolute Gasteiger partial charge is 0.463 e. The van der Waals surface area contributed by atoms with Crippen LogP contribution in [-0.4, -0.2) is 85.2 Å². The van der Waals surface area contributed by atoms with Crippen molar-refractivity contribution in [1.82, 2.24) is 25.3 Å². The molecule has 2 aromatic rings. The molecule has 0 unspecified atom stereocenters. The van der Waals surface area contributed by atoms with Crippen molar-refractivity contribution < 1.29 is 23.9 Å². The van der Waals surface area contributed by atoms with E-state index in [2.05, 4.69) is 15.5 Å². The van der Waals surface area contributed by atoms with Crippen LogP contribution in [0.15, 0.2) is 65.9 Å². The normalized spacial score (nSPS) is 17.9. The van der Waals surface area contributed by atoms with Crippen LogP contribution in [0.3, 0.4) is 0 Å². The van der Waals surface area contributed by atoms with Crippen molar-refractivity contribution in [2.75, 3.05) is 52.4 Å². The van der Waals surface area contributed by atoms with Crippen LogP contribution in [0, 0.1) is 0 Å². The van der Waals surface area contributed by atoms with Crippen molar-refractivity contribution in [3.05, 3.63) is 71.4 Å². The molecule has 0 aliphatic carbocycles. The molecule has 0 bridgehead atoms. The zero-order valence-corrected chi connectivity index (χ0v) is 23.5. The number of piperazine rings is 1. The first-order valence-electron chi connectivity index (χ1n) is 14.0. The van der Waals surface area contributed by atoms with E-state index < -0.39 is 12.0 Å². The molecule has 0 radical (unpaired) electrons. The Hall–Kier alpha value is -4.05. The van der Waals surface area contributed by atoms with Gasteiger partial charge in [-0.3, -0.25) is 9.80 Å². The lowest BCUT2D eigenvalue weighted by atomic mass is 9.94. The van der Waals surface area contributed by atoms with Gasteiger partial charge in [0.25, 0.3) is 0 Å². The Balaban J connectivity index is 1.62. The van der Waals surface area contributed by atoms with E-state index in [-0.39, 0.29) is 18.7 Å². The molecule has 1 atom stereocenters. The fraction of sp³-hybridized carbons (Fsp3) is 0.433. The number of nitrogens with zero attached hydrogens (tertiary/aromatic N) is 3. The molecule has 4 rings (SSSR count). The third-order valence-electron chi connectivity index (χ3n) is 6.98. The molecular formula is C30H39N5O5. The summed E-state index contributed by atoms with van der Waals surface area (Å²) in [5.74, 6) is 0.819. The van der Waals surface area contributed by atoms with E-state index in [4.69, 9.17) is 9.47 Å². The minimum Gasteiger partial charge on any atom is -0.463 e. The first kappa shape index (κ1) is 28.9. The lowest BCUT2D eigenvalue weighted by Gasteiger charge is -2.40. The van der Waals surface area contributed by atoms with Gasteiger partial charge in [0.15, 0.2) is 0 Å². The van der Waals surface area contributed by atoms with Gasteiger partial charge in [0.05, 0.1) is 18.2 Å². The summed E-state index contributed by atoms with van der Waals surface area (Å²) < 4.78 is 11.5. The van der Waals surface area contributed by atoms with Crippen LogP contribution in [0.25, 0.3) is 0 Å². The van der Waals surface area contributed by atoms with Gasteiger partial charge in [-0.05, 0) is 50.1 Å². The van der Waals surface area contributed by atoms with E-state index in [0.717, 1.165) is 12.0 Å². The van der Waals surface area contributed by atoms with Gasteiger partial charge >= 0.3 is 18.0 Å². The predicted octanol–water partition coefficient (Wildman–Crippen LogP) is 4.12. The van der Waals surface area contributed by atoms with Gasteiger partial charge in [-0.1, -0.05) is 37.3 Å². The molecule has 0 saturated carbocycles. The Morgan fingerprint density at radius 3 is 2.38 bits per heavy atom. The maximum Gasteiger partial charge on any atom is 0.338 e. The maximum absolute atomic E-state index is 13.5. The number of urea groups is 2. The molecule has 2 heterocycles. The SMILES string of the molecule is CCCNC(=O)N1CCN(CC2=C(C(=O)OCC)[C@H](c3cccc(Oc4ccccc4)c3)NC(=O)N2CC)CC1. The fourth-order valence-electron chi connectivity index (χ4n) is 4.95. The highest BCUT2D eigenvalue weighted by Gasteiger charge is 2.38. The third-order valence-corrected chi connectivity index (χ3v) is 6.98. The van der Waals surface area contributed by atoms with Gasteiger partial charge in [0, 0.05) is 51.5 Å². The molecule has 10 nitrogen and oxygen atoms in total. The van der Waals surface area contributed by atoms with Crippen LogP contribution in [0.4, 0.5) is 9.59 Å². The Labute approximate surface area is 235 Å². The quantitative estimate of drug-likeness (QED) is 0.432. The number of amides is 4. The summed E-state index contributed by atoms with van der Waals surface area (Å²) in [7, 11) is 0. The number of likely N-dealkylation sites (N-methyl/N-ethyl adjacent to an activating group) is 1. The highest BCUT2D eigenvalue weighted by atomic mass is 16.5. The number of rotatable bonds is 10. The molecule has 2 aromatic carbocycles. The minimum absolute atomic E-state index is 0.0576. The first-order chi connectivity index (χ1) is 19.4. The third kappa shape index (κ3) is 6.93. The Morgan fingerprint density at radius 2 is 1.70 bits per heavy atom. The number of esters is 1. The Kier molecular flexibility index (Phi) is 10.0. The van der Waals surface area contributed by atoms with E-state index in [9.17, 15) is 14.4 Å². The molecule has 214 valence electrons. The number of para-hydroxylation sites is 1. The molecule has 2 aliphatic rings. The number of hydrogen-bond acceptors (Lipinski definition) is 6. The summed E-state index contributed by atoms with van der Waals surface area (Å²) >= 11 is 0. The van der Waals surface area contributed by atoms with Crippen molar-refractivity contribution in [3.8, 4) is 11.5 Å². The molecule has 10 heteroatoms. The maximum atomic E-state index is 13.5. The highest BCUT2D eigenvalue weighted by molar-refractivity contribution is 5.95. The van der Waals surface area contributed by atoms with Gasteiger partial charge in [-0.2, -0.15) is 0 Å². The predicted molar refractivity (Wildman–Crippen MR) is 152 cm³/mol. The molecule has 1 saturated heterocycles. The smallest absolute Gasteiger partial charge is 0.338 e. The first-order valence-corrected chi connectivity index (χ1v) is 14.0. The van der Waals surface area contributed by atoms with Crippen LogP contribution in [0.1, 0.15) is 38.8 Å². The fourth-order valence-corrected chi connectivity index (χ4v) is 4.95. The molecule has 4 amide bonds. The second-order valence-corrected chi connectivity index (χ2v) is 9.69. The summed E-state index contributed by atoms with van der Waals surface area (Å²) in [4.78, 5) is 44.8. The van der Waals surface area contributed by atoms with Crippen molar-refractivity contribution in [3.63, 3.8) is 0 Å². The number of nitrogens with one attached hydrogen (secondary N) is 2. The van der Waals surface area contributed by atoms with E-state index in [0.29, 0.717) is 68.6 Å². The lowest BCUT2D eigenvalue weighted by molar-refractivity contribution is -0.139. The van der Waals surface area contributed by atoms with Crippen LogP contribution < -0.4 is 15.4 Å². The number of carbonyl (C=O) groups is 3. The standard InChI is InChI=1S/C30H39N5O5/c1-4-15-31-29(37)34-18-16-33(17-19-34)21-25-26(28(36)39-6-3)27(32-30(38)35(25)5-2)22-11-10-14-24(20-22)40-23-12-8-7-9-13-23/h7-14,20,27H,4-6,15-19,21H2,1-3H3,(H,31,37)(H,32,38)/t27-/m0/s1. The van der Waals surface area contributed by atoms with Gasteiger partial charge < -0.3 is 25.0 Å². The molecule has 2 N–H and O–H groups in total. The average Bonchev–Trinajstić information content (AvgIpc) is 2.97. The van der Waals surface area contributed by atoms with Crippen LogP contribution >= 0.6 is 0 Å². The van der Waals surface area contributed by atoms with E-state index in [1.165, 1.54) is 0 Å².